The van der Waals surface area contributed by atoms with Gasteiger partial charge in [-0.05, 0) is 63.0 Å². The molecule has 3 rings (SSSR count). The summed E-state index contributed by atoms with van der Waals surface area (Å²) in [7, 11) is 5.61. The molecule has 33 heavy (non-hydrogen) atoms. The SMILES string of the molecule is CCOc1cc(C(=O)NCC(c2ccccc2OC)N(C)C)ccc1OCc1ccncc1. The summed E-state index contributed by atoms with van der Waals surface area (Å²) in [6, 6.07) is 16.8. The van der Waals surface area contributed by atoms with Crippen molar-refractivity contribution < 1.29 is 19.0 Å². The van der Waals surface area contributed by atoms with Crippen molar-refractivity contribution in [1.82, 2.24) is 15.2 Å². The lowest BCUT2D eigenvalue weighted by Gasteiger charge is -2.26. The molecule has 1 aromatic heterocycles. The molecule has 0 aliphatic rings. The Labute approximate surface area is 195 Å². The predicted octanol–water partition coefficient (Wildman–Crippen LogP) is 4.10. The number of amides is 1. The van der Waals surface area contributed by atoms with Gasteiger partial charge >= 0.3 is 0 Å². The average Bonchev–Trinajstić information content (AvgIpc) is 2.84. The minimum absolute atomic E-state index is 0.0422. The number of nitrogens with one attached hydrogen (secondary N) is 1. The lowest BCUT2D eigenvalue weighted by Crippen LogP contribution is -2.34. The zero-order valence-corrected chi connectivity index (χ0v) is 19.6. The minimum atomic E-state index is -0.182. The molecule has 0 aliphatic heterocycles. The van der Waals surface area contributed by atoms with Gasteiger partial charge in [0.25, 0.3) is 5.91 Å². The van der Waals surface area contributed by atoms with Gasteiger partial charge in [0.15, 0.2) is 11.5 Å². The van der Waals surface area contributed by atoms with E-state index in [9.17, 15) is 4.79 Å². The highest BCUT2D eigenvalue weighted by Gasteiger charge is 2.20. The van der Waals surface area contributed by atoms with Gasteiger partial charge in [0.05, 0.1) is 19.8 Å². The number of nitrogens with zero attached hydrogens (tertiary/aromatic N) is 2. The van der Waals surface area contributed by atoms with Gasteiger partial charge in [0.1, 0.15) is 12.4 Å². The first-order valence-corrected chi connectivity index (χ1v) is 10.9. The van der Waals surface area contributed by atoms with Crippen molar-refractivity contribution in [1.29, 1.82) is 0 Å². The fraction of sp³-hybridized carbons (Fsp3) is 0.308. The molecule has 0 spiro atoms. The van der Waals surface area contributed by atoms with Crippen molar-refractivity contribution in [3.63, 3.8) is 0 Å². The Morgan fingerprint density at radius 1 is 1.00 bits per heavy atom. The molecule has 1 N–H and O–H groups in total. The van der Waals surface area contributed by atoms with Gasteiger partial charge < -0.3 is 24.4 Å². The first-order chi connectivity index (χ1) is 16.0. The van der Waals surface area contributed by atoms with Crippen LogP contribution in [0.4, 0.5) is 0 Å². The molecule has 7 heteroatoms. The van der Waals surface area contributed by atoms with E-state index in [4.69, 9.17) is 14.2 Å². The monoisotopic (exact) mass is 449 g/mol. The summed E-state index contributed by atoms with van der Waals surface area (Å²) < 4.78 is 17.2. The summed E-state index contributed by atoms with van der Waals surface area (Å²) in [5.74, 6) is 1.73. The number of para-hydroxylation sites is 1. The maximum Gasteiger partial charge on any atom is 0.251 e. The van der Waals surface area contributed by atoms with Crippen molar-refractivity contribution in [3.05, 3.63) is 83.7 Å². The van der Waals surface area contributed by atoms with Crippen LogP contribution in [0, 0.1) is 0 Å². The van der Waals surface area contributed by atoms with Crippen LogP contribution in [-0.4, -0.2) is 50.1 Å². The van der Waals surface area contributed by atoms with Gasteiger partial charge in [0.2, 0.25) is 0 Å². The third-order valence-corrected chi connectivity index (χ3v) is 5.23. The molecular formula is C26H31N3O4. The Hall–Kier alpha value is -3.58. The number of rotatable bonds is 11. The second-order valence-electron chi connectivity index (χ2n) is 7.67. The van der Waals surface area contributed by atoms with Crippen LogP contribution in [0.3, 0.4) is 0 Å². The van der Waals surface area contributed by atoms with E-state index in [0.717, 1.165) is 16.9 Å². The summed E-state index contributed by atoms with van der Waals surface area (Å²) in [4.78, 5) is 19.0. The van der Waals surface area contributed by atoms with Crippen LogP contribution in [0.2, 0.25) is 0 Å². The maximum atomic E-state index is 12.9. The van der Waals surface area contributed by atoms with Gasteiger partial charge in [-0.3, -0.25) is 9.78 Å². The molecule has 1 heterocycles. The van der Waals surface area contributed by atoms with Crippen LogP contribution in [0.1, 0.15) is 34.5 Å². The molecule has 7 nitrogen and oxygen atoms in total. The van der Waals surface area contributed by atoms with Gasteiger partial charge in [-0.15, -0.1) is 0 Å². The summed E-state index contributed by atoms with van der Waals surface area (Å²) in [5.41, 5.74) is 2.52. The Morgan fingerprint density at radius 3 is 2.45 bits per heavy atom. The van der Waals surface area contributed by atoms with Crippen molar-refractivity contribution in [2.24, 2.45) is 0 Å². The molecular weight excluding hydrogens is 418 g/mol. The van der Waals surface area contributed by atoms with Crippen molar-refractivity contribution >= 4 is 5.91 Å². The van der Waals surface area contributed by atoms with E-state index in [1.807, 2.05) is 57.4 Å². The van der Waals surface area contributed by atoms with Crippen LogP contribution in [0.15, 0.2) is 67.0 Å². The summed E-state index contributed by atoms with van der Waals surface area (Å²) in [6.07, 6.45) is 3.45. The molecule has 0 saturated carbocycles. The maximum absolute atomic E-state index is 12.9. The Morgan fingerprint density at radius 2 is 1.76 bits per heavy atom. The largest absolute Gasteiger partial charge is 0.496 e. The number of hydrogen-bond acceptors (Lipinski definition) is 6. The lowest BCUT2D eigenvalue weighted by molar-refractivity contribution is 0.0941. The molecule has 2 aromatic carbocycles. The molecule has 1 atom stereocenters. The quantitative estimate of drug-likeness (QED) is 0.475. The number of carbonyl (C=O) groups excluding carboxylic acids is 1. The number of benzene rings is 2. The third kappa shape index (κ3) is 6.46. The molecule has 0 saturated heterocycles. The molecule has 3 aromatic rings. The standard InChI is InChI=1S/C26H31N3O4/c1-5-32-25-16-20(10-11-24(25)33-18-19-12-14-27-15-13-19)26(30)28-17-22(29(2)3)21-8-6-7-9-23(21)31-4/h6-16,22H,5,17-18H2,1-4H3,(H,28,30). The van der Waals surface area contributed by atoms with Crippen molar-refractivity contribution in [2.45, 2.75) is 19.6 Å². The third-order valence-electron chi connectivity index (χ3n) is 5.23. The molecule has 1 amide bonds. The summed E-state index contributed by atoms with van der Waals surface area (Å²) in [6.45, 7) is 3.18. The van der Waals surface area contributed by atoms with Gasteiger partial charge in [0, 0.05) is 30.1 Å². The van der Waals surface area contributed by atoms with E-state index in [1.54, 1.807) is 37.7 Å². The van der Waals surface area contributed by atoms with Crippen molar-refractivity contribution in [3.8, 4) is 17.2 Å². The molecule has 174 valence electrons. The van der Waals surface area contributed by atoms with E-state index >= 15 is 0 Å². The Balaban J connectivity index is 1.71. The van der Waals surface area contributed by atoms with Gasteiger partial charge in [-0.2, -0.15) is 0 Å². The molecule has 0 radical (unpaired) electrons. The number of pyridine rings is 1. The zero-order valence-electron chi connectivity index (χ0n) is 19.6. The average molecular weight is 450 g/mol. The highest BCUT2D eigenvalue weighted by atomic mass is 16.5. The lowest BCUT2D eigenvalue weighted by atomic mass is 10.0. The molecule has 0 bridgehead atoms. The number of hydrogen-bond donors (Lipinski definition) is 1. The number of aromatic nitrogens is 1. The first kappa shape index (κ1) is 24.1. The zero-order chi connectivity index (χ0) is 23.6. The second-order valence-corrected chi connectivity index (χ2v) is 7.67. The predicted molar refractivity (Wildman–Crippen MR) is 128 cm³/mol. The van der Waals surface area contributed by atoms with E-state index < -0.39 is 0 Å². The molecule has 1 unspecified atom stereocenters. The highest BCUT2D eigenvalue weighted by Crippen LogP contribution is 2.30. The number of methoxy groups -OCH3 is 1. The van der Waals surface area contributed by atoms with E-state index in [-0.39, 0.29) is 11.9 Å². The van der Waals surface area contributed by atoms with Crippen LogP contribution < -0.4 is 19.5 Å². The van der Waals surface area contributed by atoms with Crippen LogP contribution in [0.25, 0.3) is 0 Å². The number of ether oxygens (including phenoxy) is 3. The van der Waals surface area contributed by atoms with E-state index in [0.29, 0.717) is 36.8 Å². The number of carbonyl (C=O) groups is 1. The van der Waals surface area contributed by atoms with Crippen LogP contribution in [-0.2, 0) is 6.61 Å². The van der Waals surface area contributed by atoms with Crippen LogP contribution >= 0.6 is 0 Å². The first-order valence-electron chi connectivity index (χ1n) is 10.9. The summed E-state index contributed by atoms with van der Waals surface area (Å²) >= 11 is 0. The number of likely N-dealkylation sites (N-methyl/N-ethyl adjacent to an activating group) is 1. The van der Waals surface area contributed by atoms with Crippen LogP contribution in [0.5, 0.6) is 17.2 Å². The fourth-order valence-electron chi connectivity index (χ4n) is 3.48. The molecule has 0 fully saturated rings. The second kappa shape index (κ2) is 11.9. The van der Waals surface area contributed by atoms with E-state index in [1.165, 1.54) is 0 Å². The fourth-order valence-corrected chi connectivity index (χ4v) is 3.48. The van der Waals surface area contributed by atoms with Gasteiger partial charge in [-0.1, -0.05) is 18.2 Å². The highest BCUT2D eigenvalue weighted by molar-refractivity contribution is 5.94. The Bertz CT molecular complexity index is 1040. The van der Waals surface area contributed by atoms with E-state index in [2.05, 4.69) is 15.2 Å². The smallest absolute Gasteiger partial charge is 0.251 e. The topological polar surface area (TPSA) is 72.9 Å². The molecule has 0 aliphatic carbocycles. The van der Waals surface area contributed by atoms with Crippen molar-refractivity contribution in [2.75, 3.05) is 34.4 Å². The minimum Gasteiger partial charge on any atom is -0.496 e. The normalized spacial score (nSPS) is 11.7. The summed E-state index contributed by atoms with van der Waals surface area (Å²) in [5, 5.41) is 3.04. The Kier molecular flexibility index (Phi) is 8.66. The van der Waals surface area contributed by atoms with Gasteiger partial charge in [-0.25, -0.2) is 0 Å².